The van der Waals surface area contributed by atoms with Gasteiger partial charge in [-0.05, 0) is 50.4 Å². The van der Waals surface area contributed by atoms with Gasteiger partial charge in [-0.3, -0.25) is 0 Å². The predicted octanol–water partition coefficient (Wildman–Crippen LogP) is 3.29. The average Bonchev–Trinajstić information content (AvgIpc) is 2.32. The number of nitrogens with one attached hydrogen (secondary N) is 1. The van der Waals surface area contributed by atoms with Crippen LogP contribution in [0.25, 0.3) is 0 Å². The minimum Gasteiger partial charge on any atom is -0.385 e. The highest BCUT2D eigenvalue weighted by Crippen LogP contribution is 2.11. The summed E-state index contributed by atoms with van der Waals surface area (Å²) >= 11 is 5.94. The number of methoxy groups -OCH3 is 1. The van der Waals surface area contributed by atoms with Crippen molar-refractivity contribution in [2.45, 2.75) is 32.2 Å². The Hall–Kier alpha value is -0.570. The molecule has 1 N–H and O–H groups in total. The van der Waals surface area contributed by atoms with Gasteiger partial charge in [0.2, 0.25) is 0 Å². The Kier molecular flexibility index (Phi) is 7.25. The van der Waals surface area contributed by atoms with Crippen LogP contribution in [-0.2, 0) is 11.2 Å². The molecule has 2 nitrogen and oxygen atoms in total. The number of rotatable bonds is 8. The lowest BCUT2D eigenvalue weighted by Crippen LogP contribution is -2.28. The summed E-state index contributed by atoms with van der Waals surface area (Å²) in [6, 6.07) is 8.60. The van der Waals surface area contributed by atoms with Crippen molar-refractivity contribution in [3.05, 3.63) is 34.9 Å². The maximum Gasteiger partial charge on any atom is 0.0476 e. The van der Waals surface area contributed by atoms with E-state index in [-0.39, 0.29) is 0 Å². The minimum absolute atomic E-state index is 0.523. The zero-order valence-electron chi connectivity index (χ0n) is 10.7. The van der Waals surface area contributed by atoms with Gasteiger partial charge < -0.3 is 10.1 Å². The molecule has 1 rings (SSSR count). The second kappa shape index (κ2) is 8.51. The van der Waals surface area contributed by atoms with Gasteiger partial charge in [0.25, 0.3) is 0 Å². The summed E-state index contributed by atoms with van der Waals surface area (Å²) < 4.78 is 5.05. The van der Waals surface area contributed by atoms with Gasteiger partial charge in [0.1, 0.15) is 0 Å². The van der Waals surface area contributed by atoms with E-state index in [1.165, 1.54) is 5.56 Å². The standard InChI is InChI=1S/C14H22ClNO/c1-12(8-10-17-2)16-9-4-6-13-5-3-7-14(15)11-13/h3,5,7,11-12,16H,4,6,8-10H2,1-2H3. The molecular weight excluding hydrogens is 234 g/mol. The summed E-state index contributed by atoms with van der Waals surface area (Å²) in [6.45, 7) is 4.05. The molecule has 0 saturated heterocycles. The monoisotopic (exact) mass is 255 g/mol. The van der Waals surface area contributed by atoms with E-state index in [0.29, 0.717) is 6.04 Å². The Morgan fingerprint density at radius 1 is 1.41 bits per heavy atom. The number of aryl methyl sites for hydroxylation is 1. The molecule has 1 aromatic carbocycles. The molecule has 0 aromatic heterocycles. The summed E-state index contributed by atoms with van der Waals surface area (Å²) in [6.07, 6.45) is 3.27. The first-order valence-electron chi connectivity index (χ1n) is 6.19. The second-order valence-corrected chi connectivity index (χ2v) is 4.81. The fourth-order valence-electron chi connectivity index (χ4n) is 1.73. The van der Waals surface area contributed by atoms with E-state index in [0.717, 1.165) is 37.4 Å². The van der Waals surface area contributed by atoms with Gasteiger partial charge >= 0.3 is 0 Å². The van der Waals surface area contributed by atoms with E-state index < -0.39 is 0 Å². The van der Waals surface area contributed by atoms with Gasteiger partial charge in [0.05, 0.1) is 0 Å². The number of hydrogen-bond acceptors (Lipinski definition) is 2. The second-order valence-electron chi connectivity index (χ2n) is 4.37. The van der Waals surface area contributed by atoms with E-state index in [1.54, 1.807) is 7.11 Å². The fourth-order valence-corrected chi connectivity index (χ4v) is 1.94. The first-order valence-corrected chi connectivity index (χ1v) is 6.57. The van der Waals surface area contributed by atoms with Gasteiger partial charge in [0, 0.05) is 24.8 Å². The summed E-state index contributed by atoms with van der Waals surface area (Å²) in [7, 11) is 1.74. The van der Waals surface area contributed by atoms with Crippen LogP contribution in [0.15, 0.2) is 24.3 Å². The Morgan fingerprint density at radius 3 is 2.94 bits per heavy atom. The molecule has 0 aliphatic heterocycles. The number of benzene rings is 1. The maximum absolute atomic E-state index is 5.94. The van der Waals surface area contributed by atoms with Crippen LogP contribution in [0.5, 0.6) is 0 Å². The Bertz CT molecular complexity index is 317. The highest BCUT2D eigenvalue weighted by Gasteiger charge is 2.00. The summed E-state index contributed by atoms with van der Waals surface area (Å²) in [5, 5.41) is 4.31. The highest BCUT2D eigenvalue weighted by molar-refractivity contribution is 6.30. The molecule has 96 valence electrons. The Balaban J connectivity index is 2.11. The van der Waals surface area contributed by atoms with Crippen molar-refractivity contribution in [2.24, 2.45) is 0 Å². The van der Waals surface area contributed by atoms with Crippen LogP contribution in [0.4, 0.5) is 0 Å². The van der Waals surface area contributed by atoms with Crippen molar-refractivity contribution in [3.8, 4) is 0 Å². The zero-order valence-corrected chi connectivity index (χ0v) is 11.5. The lowest BCUT2D eigenvalue weighted by Gasteiger charge is -2.12. The van der Waals surface area contributed by atoms with Crippen LogP contribution in [0.2, 0.25) is 5.02 Å². The molecule has 0 radical (unpaired) electrons. The van der Waals surface area contributed by atoms with Crippen LogP contribution in [-0.4, -0.2) is 26.3 Å². The summed E-state index contributed by atoms with van der Waals surface area (Å²) in [5.74, 6) is 0. The molecule has 0 fully saturated rings. The lowest BCUT2D eigenvalue weighted by molar-refractivity contribution is 0.185. The van der Waals surface area contributed by atoms with Gasteiger partial charge in [-0.25, -0.2) is 0 Å². The maximum atomic E-state index is 5.94. The predicted molar refractivity (Wildman–Crippen MR) is 73.7 cm³/mol. The quantitative estimate of drug-likeness (QED) is 0.720. The van der Waals surface area contributed by atoms with E-state index in [2.05, 4.69) is 18.3 Å². The zero-order chi connectivity index (χ0) is 12.5. The van der Waals surface area contributed by atoms with Crippen LogP contribution in [0.3, 0.4) is 0 Å². The number of halogens is 1. The first-order chi connectivity index (χ1) is 8.22. The van der Waals surface area contributed by atoms with E-state index in [9.17, 15) is 0 Å². The number of hydrogen-bond donors (Lipinski definition) is 1. The Labute approximate surface area is 109 Å². The van der Waals surface area contributed by atoms with Crippen LogP contribution in [0.1, 0.15) is 25.3 Å². The minimum atomic E-state index is 0.523. The smallest absolute Gasteiger partial charge is 0.0476 e. The molecule has 0 saturated carbocycles. The Morgan fingerprint density at radius 2 is 2.24 bits per heavy atom. The van der Waals surface area contributed by atoms with E-state index in [4.69, 9.17) is 16.3 Å². The van der Waals surface area contributed by atoms with Gasteiger partial charge in [0.15, 0.2) is 0 Å². The van der Waals surface area contributed by atoms with Gasteiger partial charge in [-0.1, -0.05) is 23.7 Å². The summed E-state index contributed by atoms with van der Waals surface area (Å²) in [4.78, 5) is 0. The third kappa shape index (κ3) is 6.67. The third-order valence-corrected chi connectivity index (χ3v) is 3.01. The summed E-state index contributed by atoms with van der Waals surface area (Å²) in [5.41, 5.74) is 1.31. The molecule has 1 aromatic rings. The first kappa shape index (κ1) is 14.5. The van der Waals surface area contributed by atoms with Gasteiger partial charge in [-0.2, -0.15) is 0 Å². The van der Waals surface area contributed by atoms with Gasteiger partial charge in [-0.15, -0.1) is 0 Å². The molecule has 0 amide bonds. The SMILES string of the molecule is COCCC(C)NCCCc1cccc(Cl)c1. The van der Waals surface area contributed by atoms with Crippen LogP contribution >= 0.6 is 11.6 Å². The molecule has 1 atom stereocenters. The third-order valence-electron chi connectivity index (χ3n) is 2.78. The largest absolute Gasteiger partial charge is 0.385 e. The topological polar surface area (TPSA) is 21.3 Å². The lowest BCUT2D eigenvalue weighted by atomic mass is 10.1. The van der Waals surface area contributed by atoms with Crippen molar-refractivity contribution in [2.75, 3.05) is 20.3 Å². The van der Waals surface area contributed by atoms with Crippen LogP contribution in [0, 0.1) is 0 Å². The highest BCUT2D eigenvalue weighted by atomic mass is 35.5. The normalized spacial score (nSPS) is 12.6. The average molecular weight is 256 g/mol. The van der Waals surface area contributed by atoms with Crippen molar-refractivity contribution in [3.63, 3.8) is 0 Å². The molecule has 0 spiro atoms. The molecule has 0 aliphatic carbocycles. The van der Waals surface area contributed by atoms with Crippen molar-refractivity contribution >= 4 is 11.6 Å². The van der Waals surface area contributed by atoms with Crippen molar-refractivity contribution in [1.29, 1.82) is 0 Å². The molecular formula is C14H22ClNO. The van der Waals surface area contributed by atoms with Crippen molar-refractivity contribution in [1.82, 2.24) is 5.32 Å². The molecule has 0 bridgehead atoms. The molecule has 0 aliphatic rings. The van der Waals surface area contributed by atoms with E-state index >= 15 is 0 Å². The molecule has 17 heavy (non-hydrogen) atoms. The molecule has 1 unspecified atom stereocenters. The van der Waals surface area contributed by atoms with E-state index in [1.807, 2.05) is 18.2 Å². The molecule has 3 heteroatoms. The number of ether oxygens (including phenoxy) is 1. The fraction of sp³-hybridized carbons (Fsp3) is 0.571. The van der Waals surface area contributed by atoms with Crippen molar-refractivity contribution < 1.29 is 4.74 Å². The van der Waals surface area contributed by atoms with Crippen LogP contribution < -0.4 is 5.32 Å². The molecule has 0 heterocycles.